The first kappa shape index (κ1) is 26.0. The zero-order valence-electron chi connectivity index (χ0n) is 21.2. The first-order valence-corrected chi connectivity index (χ1v) is 11.4. The molecule has 0 saturated carbocycles. The Hall–Kier alpha value is -3.61. The van der Waals surface area contributed by atoms with E-state index in [1.165, 1.54) is 13.0 Å². The van der Waals surface area contributed by atoms with Crippen LogP contribution in [0.25, 0.3) is 6.08 Å². The molecule has 7 heteroatoms. The number of hydrogen-bond acceptors (Lipinski definition) is 7. The minimum absolute atomic E-state index is 0.403. The van der Waals surface area contributed by atoms with Gasteiger partial charge in [-0.05, 0) is 83.0 Å². The maximum Gasteiger partial charge on any atom is 0.331 e. The standard InChI is InChI=1S/C28H32O7/c1-17(29)32-20-12-10-19(11-13-20)25-24(26(31)35-28(5,6)7)21-16-18(8-14-22(21)33-25)9-15-23(30)34-27(2,3)4/h8-16,24-25H,1-7H3/b15-9+/t24-,25+/m0/s1. The van der Waals surface area contributed by atoms with Gasteiger partial charge in [0, 0.05) is 18.6 Å². The second-order valence-electron chi connectivity index (χ2n) is 10.4. The molecule has 1 aliphatic heterocycles. The summed E-state index contributed by atoms with van der Waals surface area (Å²) >= 11 is 0. The molecule has 0 radical (unpaired) electrons. The van der Waals surface area contributed by atoms with Crippen LogP contribution in [0.1, 0.15) is 77.2 Å². The van der Waals surface area contributed by atoms with Crippen LogP contribution < -0.4 is 9.47 Å². The van der Waals surface area contributed by atoms with E-state index in [4.69, 9.17) is 18.9 Å². The van der Waals surface area contributed by atoms with Gasteiger partial charge in [0.05, 0.1) is 0 Å². The summed E-state index contributed by atoms with van der Waals surface area (Å²) < 4.78 is 22.3. The summed E-state index contributed by atoms with van der Waals surface area (Å²) in [4.78, 5) is 36.6. The Kier molecular flexibility index (Phi) is 7.38. The Labute approximate surface area is 206 Å². The van der Waals surface area contributed by atoms with Crippen molar-refractivity contribution < 1.29 is 33.3 Å². The number of hydrogen-bond donors (Lipinski definition) is 0. The number of rotatable bonds is 5. The van der Waals surface area contributed by atoms with E-state index in [0.717, 1.165) is 11.1 Å². The molecular weight excluding hydrogens is 448 g/mol. The Morgan fingerprint density at radius 3 is 2.09 bits per heavy atom. The van der Waals surface area contributed by atoms with Crippen molar-refractivity contribution in [2.24, 2.45) is 0 Å². The minimum Gasteiger partial charge on any atom is -0.484 e. The molecule has 0 aromatic heterocycles. The van der Waals surface area contributed by atoms with Crippen molar-refractivity contribution in [2.45, 2.75) is 71.7 Å². The summed E-state index contributed by atoms with van der Waals surface area (Å²) in [6.07, 6.45) is 2.37. The van der Waals surface area contributed by atoms with Gasteiger partial charge in [0.1, 0.15) is 34.7 Å². The molecule has 1 heterocycles. The van der Waals surface area contributed by atoms with Gasteiger partial charge >= 0.3 is 17.9 Å². The van der Waals surface area contributed by atoms with Gasteiger partial charge < -0.3 is 18.9 Å². The van der Waals surface area contributed by atoms with Gasteiger partial charge in [-0.2, -0.15) is 0 Å². The van der Waals surface area contributed by atoms with Crippen molar-refractivity contribution >= 4 is 24.0 Å². The summed E-state index contributed by atoms with van der Waals surface area (Å²) in [6.45, 7) is 12.2. The van der Waals surface area contributed by atoms with Crippen molar-refractivity contribution in [1.29, 1.82) is 0 Å². The molecule has 0 N–H and O–H groups in total. The molecule has 0 saturated heterocycles. The number of benzene rings is 2. The average molecular weight is 481 g/mol. The second-order valence-corrected chi connectivity index (χ2v) is 10.4. The van der Waals surface area contributed by atoms with Gasteiger partial charge in [-0.25, -0.2) is 4.79 Å². The van der Waals surface area contributed by atoms with Crippen LogP contribution in [0.4, 0.5) is 0 Å². The Morgan fingerprint density at radius 1 is 0.886 bits per heavy atom. The van der Waals surface area contributed by atoms with E-state index in [1.807, 2.05) is 26.8 Å². The summed E-state index contributed by atoms with van der Waals surface area (Å²) in [6, 6.07) is 12.2. The smallest absolute Gasteiger partial charge is 0.331 e. The van der Waals surface area contributed by atoms with Crippen LogP contribution in [0, 0.1) is 0 Å². The molecule has 0 fully saturated rings. The quantitative estimate of drug-likeness (QED) is 0.316. The molecule has 0 spiro atoms. The third-order valence-corrected chi connectivity index (χ3v) is 4.88. The lowest BCUT2D eigenvalue weighted by Crippen LogP contribution is -2.29. The van der Waals surface area contributed by atoms with Gasteiger partial charge in [0.15, 0.2) is 0 Å². The monoisotopic (exact) mass is 480 g/mol. The van der Waals surface area contributed by atoms with Crippen molar-refractivity contribution in [3.63, 3.8) is 0 Å². The van der Waals surface area contributed by atoms with Gasteiger partial charge in [-0.1, -0.05) is 18.2 Å². The molecule has 2 atom stereocenters. The lowest BCUT2D eigenvalue weighted by atomic mass is 9.90. The van der Waals surface area contributed by atoms with Gasteiger partial charge in [-0.15, -0.1) is 0 Å². The van der Waals surface area contributed by atoms with E-state index < -0.39 is 41.1 Å². The fourth-order valence-electron chi connectivity index (χ4n) is 3.66. The fraction of sp³-hybridized carbons (Fsp3) is 0.393. The second kappa shape index (κ2) is 9.94. The van der Waals surface area contributed by atoms with E-state index in [9.17, 15) is 14.4 Å². The zero-order valence-corrected chi connectivity index (χ0v) is 21.2. The first-order chi connectivity index (χ1) is 16.2. The van der Waals surface area contributed by atoms with Crippen LogP contribution in [0.2, 0.25) is 0 Å². The molecule has 1 aliphatic rings. The largest absolute Gasteiger partial charge is 0.484 e. The SMILES string of the molecule is CC(=O)Oc1ccc([C@H]2Oc3ccc(/C=C/C(=O)OC(C)(C)C)cc3[C@@H]2C(=O)OC(C)(C)C)cc1. The number of ether oxygens (including phenoxy) is 4. The third kappa shape index (κ3) is 7.18. The van der Waals surface area contributed by atoms with E-state index in [1.54, 1.807) is 63.2 Å². The molecule has 0 aliphatic carbocycles. The molecule has 35 heavy (non-hydrogen) atoms. The van der Waals surface area contributed by atoms with E-state index in [0.29, 0.717) is 17.1 Å². The highest BCUT2D eigenvalue weighted by atomic mass is 16.6. The summed E-state index contributed by atoms with van der Waals surface area (Å²) in [5, 5.41) is 0. The Morgan fingerprint density at radius 2 is 1.51 bits per heavy atom. The summed E-state index contributed by atoms with van der Waals surface area (Å²) in [5.41, 5.74) is 0.849. The number of carbonyl (C=O) groups is 3. The fourth-order valence-corrected chi connectivity index (χ4v) is 3.66. The lowest BCUT2D eigenvalue weighted by Gasteiger charge is -2.25. The topological polar surface area (TPSA) is 88.1 Å². The normalized spacial score (nSPS) is 17.5. The van der Waals surface area contributed by atoms with E-state index >= 15 is 0 Å². The maximum atomic E-state index is 13.3. The predicted molar refractivity (Wildman–Crippen MR) is 131 cm³/mol. The molecular formula is C28H32O7. The third-order valence-electron chi connectivity index (χ3n) is 4.88. The highest BCUT2D eigenvalue weighted by Crippen LogP contribution is 2.47. The molecule has 0 unspecified atom stereocenters. The van der Waals surface area contributed by atoms with Crippen LogP contribution in [-0.2, 0) is 23.9 Å². The zero-order chi connectivity index (χ0) is 26.0. The highest BCUT2D eigenvalue weighted by molar-refractivity contribution is 5.88. The van der Waals surface area contributed by atoms with Gasteiger partial charge in [-0.3, -0.25) is 9.59 Å². The molecule has 0 amide bonds. The Balaban J connectivity index is 1.93. The molecule has 186 valence electrons. The van der Waals surface area contributed by atoms with Crippen molar-refractivity contribution in [3.05, 3.63) is 65.2 Å². The van der Waals surface area contributed by atoms with Crippen LogP contribution in [0.15, 0.2) is 48.5 Å². The van der Waals surface area contributed by atoms with Crippen LogP contribution >= 0.6 is 0 Å². The van der Waals surface area contributed by atoms with E-state index in [2.05, 4.69) is 0 Å². The highest BCUT2D eigenvalue weighted by Gasteiger charge is 2.43. The van der Waals surface area contributed by atoms with Crippen LogP contribution in [-0.4, -0.2) is 29.1 Å². The van der Waals surface area contributed by atoms with Gasteiger partial charge in [0.25, 0.3) is 0 Å². The summed E-state index contributed by atoms with van der Waals surface area (Å²) in [7, 11) is 0. The maximum absolute atomic E-state index is 13.3. The number of fused-ring (bicyclic) bond motifs is 1. The minimum atomic E-state index is -0.723. The van der Waals surface area contributed by atoms with Crippen molar-refractivity contribution in [3.8, 4) is 11.5 Å². The Bertz CT molecular complexity index is 1130. The summed E-state index contributed by atoms with van der Waals surface area (Å²) in [5.74, 6) is -1.05. The van der Waals surface area contributed by atoms with Crippen molar-refractivity contribution in [2.75, 3.05) is 0 Å². The molecule has 7 nitrogen and oxygen atoms in total. The molecule has 2 aromatic carbocycles. The number of esters is 3. The van der Waals surface area contributed by atoms with Crippen LogP contribution in [0.5, 0.6) is 11.5 Å². The lowest BCUT2D eigenvalue weighted by molar-refractivity contribution is -0.158. The van der Waals surface area contributed by atoms with Crippen molar-refractivity contribution in [1.82, 2.24) is 0 Å². The molecule has 0 bridgehead atoms. The van der Waals surface area contributed by atoms with Gasteiger partial charge in [0.2, 0.25) is 0 Å². The molecule has 2 aromatic rings. The number of carbonyl (C=O) groups excluding carboxylic acids is 3. The first-order valence-electron chi connectivity index (χ1n) is 11.4. The average Bonchev–Trinajstić information content (AvgIpc) is 3.09. The molecule has 3 rings (SSSR count). The van der Waals surface area contributed by atoms with E-state index in [-0.39, 0.29) is 0 Å². The van der Waals surface area contributed by atoms with Crippen LogP contribution in [0.3, 0.4) is 0 Å². The predicted octanol–water partition coefficient (Wildman–Crippen LogP) is 5.53.